The van der Waals surface area contributed by atoms with E-state index in [-0.39, 0.29) is 11.1 Å². The first-order chi connectivity index (χ1) is 6.99. The van der Waals surface area contributed by atoms with Gasteiger partial charge < -0.3 is 5.11 Å². The number of hydrogen-bond donors (Lipinski definition) is 1. The van der Waals surface area contributed by atoms with Crippen LogP contribution in [-0.2, 0) is 11.2 Å². The summed E-state index contributed by atoms with van der Waals surface area (Å²) in [5, 5.41) is 8.51. The smallest absolute Gasteiger partial charge is 0.377 e. The summed E-state index contributed by atoms with van der Waals surface area (Å²) in [4.78, 5) is 21.6. The van der Waals surface area contributed by atoms with Crippen LogP contribution in [0.2, 0.25) is 0 Å². The van der Waals surface area contributed by atoms with E-state index < -0.39 is 17.6 Å². The van der Waals surface area contributed by atoms with Gasteiger partial charge in [0.2, 0.25) is 0 Å². The van der Waals surface area contributed by atoms with Gasteiger partial charge in [-0.25, -0.2) is 9.18 Å². The Morgan fingerprint density at radius 1 is 1.40 bits per heavy atom. The lowest BCUT2D eigenvalue weighted by Gasteiger charge is -2.06. The summed E-state index contributed by atoms with van der Waals surface area (Å²) in [6.07, 6.45) is 0.508. The molecule has 15 heavy (non-hydrogen) atoms. The molecular formula is C11H11FO3. The normalized spacial score (nSPS) is 10.1. The standard InChI is InChI=1S/C11H11FO3/c1-3-7-4-5-8(6(2)9(7)12)10(13)11(14)15/h4-5H,3H2,1-2H3,(H,14,15). The molecule has 1 rings (SSSR count). The zero-order valence-electron chi connectivity index (χ0n) is 8.50. The van der Waals surface area contributed by atoms with Crippen molar-refractivity contribution in [2.75, 3.05) is 0 Å². The highest BCUT2D eigenvalue weighted by atomic mass is 19.1. The lowest BCUT2D eigenvalue weighted by atomic mass is 10.00. The van der Waals surface area contributed by atoms with Crippen LogP contribution in [-0.4, -0.2) is 16.9 Å². The van der Waals surface area contributed by atoms with Crippen molar-refractivity contribution in [1.82, 2.24) is 0 Å². The molecule has 0 radical (unpaired) electrons. The van der Waals surface area contributed by atoms with Crippen LogP contribution >= 0.6 is 0 Å². The number of halogens is 1. The third-order valence-corrected chi connectivity index (χ3v) is 2.29. The van der Waals surface area contributed by atoms with Crippen molar-refractivity contribution >= 4 is 11.8 Å². The average molecular weight is 210 g/mol. The molecule has 0 heterocycles. The molecule has 0 saturated carbocycles. The molecule has 0 fully saturated rings. The summed E-state index contributed by atoms with van der Waals surface area (Å²) < 4.78 is 13.5. The Labute approximate surface area is 86.5 Å². The summed E-state index contributed by atoms with van der Waals surface area (Å²) in [7, 11) is 0. The monoisotopic (exact) mass is 210 g/mol. The van der Waals surface area contributed by atoms with Gasteiger partial charge in [0.1, 0.15) is 5.82 Å². The van der Waals surface area contributed by atoms with Gasteiger partial charge >= 0.3 is 5.97 Å². The molecule has 4 heteroatoms. The topological polar surface area (TPSA) is 54.4 Å². The maximum Gasteiger partial charge on any atom is 0.377 e. The quantitative estimate of drug-likeness (QED) is 0.613. The van der Waals surface area contributed by atoms with Gasteiger partial charge in [0, 0.05) is 5.56 Å². The highest BCUT2D eigenvalue weighted by Crippen LogP contribution is 2.18. The first-order valence-corrected chi connectivity index (χ1v) is 4.54. The number of aryl methyl sites for hydroxylation is 1. The summed E-state index contributed by atoms with van der Waals surface area (Å²) in [5.41, 5.74) is 0.494. The number of carbonyl (C=O) groups excluding carboxylic acids is 1. The van der Waals surface area contributed by atoms with Crippen LogP contribution in [0.25, 0.3) is 0 Å². The molecule has 0 bridgehead atoms. The number of benzene rings is 1. The van der Waals surface area contributed by atoms with Gasteiger partial charge in [-0.3, -0.25) is 4.79 Å². The van der Waals surface area contributed by atoms with Crippen molar-refractivity contribution in [2.24, 2.45) is 0 Å². The van der Waals surface area contributed by atoms with E-state index in [0.717, 1.165) is 0 Å². The van der Waals surface area contributed by atoms with Crippen LogP contribution < -0.4 is 0 Å². The number of carbonyl (C=O) groups is 2. The van der Waals surface area contributed by atoms with E-state index >= 15 is 0 Å². The van der Waals surface area contributed by atoms with E-state index in [1.54, 1.807) is 6.92 Å². The Bertz CT molecular complexity index is 424. The minimum absolute atomic E-state index is 0.0859. The Hall–Kier alpha value is -1.71. The largest absolute Gasteiger partial charge is 0.475 e. The molecule has 1 aromatic carbocycles. The summed E-state index contributed by atoms with van der Waals surface area (Å²) in [6, 6.07) is 2.80. The molecule has 0 amide bonds. The Morgan fingerprint density at radius 3 is 2.47 bits per heavy atom. The second kappa shape index (κ2) is 4.21. The van der Waals surface area contributed by atoms with E-state index in [9.17, 15) is 14.0 Å². The minimum atomic E-state index is -1.57. The predicted octanol–water partition coefficient (Wildman–Crippen LogP) is 1.96. The van der Waals surface area contributed by atoms with Crippen LogP contribution in [0.5, 0.6) is 0 Å². The minimum Gasteiger partial charge on any atom is -0.475 e. The summed E-state index contributed by atoms with van der Waals surface area (Å²) in [6.45, 7) is 3.20. The zero-order valence-corrected chi connectivity index (χ0v) is 8.50. The Balaban J connectivity index is 3.29. The predicted molar refractivity (Wildman–Crippen MR) is 52.5 cm³/mol. The number of carboxylic acids is 1. The maximum absolute atomic E-state index is 13.5. The number of rotatable bonds is 3. The molecule has 0 spiro atoms. The average Bonchev–Trinajstić information content (AvgIpc) is 2.21. The lowest BCUT2D eigenvalue weighted by Crippen LogP contribution is -2.15. The third-order valence-electron chi connectivity index (χ3n) is 2.29. The van der Waals surface area contributed by atoms with E-state index in [1.165, 1.54) is 19.1 Å². The fourth-order valence-corrected chi connectivity index (χ4v) is 1.38. The highest BCUT2D eigenvalue weighted by molar-refractivity contribution is 6.40. The fourth-order valence-electron chi connectivity index (χ4n) is 1.38. The van der Waals surface area contributed by atoms with Crippen LogP contribution in [0.1, 0.15) is 28.4 Å². The van der Waals surface area contributed by atoms with Gasteiger partial charge in [0.25, 0.3) is 5.78 Å². The lowest BCUT2D eigenvalue weighted by molar-refractivity contribution is -0.131. The van der Waals surface area contributed by atoms with Crippen molar-refractivity contribution in [3.63, 3.8) is 0 Å². The fraction of sp³-hybridized carbons (Fsp3) is 0.273. The van der Waals surface area contributed by atoms with E-state index in [1.807, 2.05) is 0 Å². The highest BCUT2D eigenvalue weighted by Gasteiger charge is 2.19. The number of ketones is 1. The molecule has 0 unspecified atom stereocenters. The van der Waals surface area contributed by atoms with Gasteiger partial charge in [0.15, 0.2) is 0 Å². The van der Waals surface area contributed by atoms with Crippen LogP contribution in [0.4, 0.5) is 4.39 Å². The number of carboxylic acid groups (broad SMARTS) is 1. The molecule has 1 N–H and O–H groups in total. The zero-order chi connectivity index (χ0) is 11.6. The molecular weight excluding hydrogens is 199 g/mol. The van der Waals surface area contributed by atoms with Crippen molar-refractivity contribution in [2.45, 2.75) is 20.3 Å². The van der Waals surface area contributed by atoms with E-state index in [4.69, 9.17) is 5.11 Å². The molecule has 0 aliphatic heterocycles. The number of hydrogen-bond acceptors (Lipinski definition) is 2. The number of Topliss-reactive ketones (excluding diaryl/α,β-unsaturated/α-hetero) is 1. The number of aliphatic carboxylic acids is 1. The molecule has 0 aromatic heterocycles. The second-order valence-electron chi connectivity index (χ2n) is 3.20. The van der Waals surface area contributed by atoms with Crippen LogP contribution in [0.3, 0.4) is 0 Å². The van der Waals surface area contributed by atoms with E-state index in [2.05, 4.69) is 0 Å². The van der Waals surface area contributed by atoms with Gasteiger partial charge in [-0.2, -0.15) is 0 Å². The third kappa shape index (κ3) is 2.03. The summed E-state index contributed by atoms with van der Waals surface area (Å²) >= 11 is 0. The van der Waals surface area contributed by atoms with Gasteiger partial charge in [0.05, 0.1) is 0 Å². The van der Waals surface area contributed by atoms with Crippen molar-refractivity contribution < 1.29 is 19.1 Å². The van der Waals surface area contributed by atoms with Crippen molar-refractivity contribution in [3.8, 4) is 0 Å². The van der Waals surface area contributed by atoms with Gasteiger partial charge in [-0.15, -0.1) is 0 Å². The van der Waals surface area contributed by atoms with Crippen molar-refractivity contribution in [3.05, 3.63) is 34.6 Å². The first-order valence-electron chi connectivity index (χ1n) is 4.54. The first kappa shape index (κ1) is 11.4. The van der Waals surface area contributed by atoms with E-state index in [0.29, 0.717) is 12.0 Å². The van der Waals surface area contributed by atoms with Crippen molar-refractivity contribution in [1.29, 1.82) is 0 Å². The summed E-state index contributed by atoms with van der Waals surface area (Å²) in [5.74, 6) is -3.14. The Kier molecular flexibility index (Phi) is 3.19. The molecule has 0 atom stereocenters. The Morgan fingerprint density at radius 2 is 2.00 bits per heavy atom. The molecule has 3 nitrogen and oxygen atoms in total. The molecule has 0 saturated heterocycles. The molecule has 1 aromatic rings. The molecule has 80 valence electrons. The SMILES string of the molecule is CCc1ccc(C(=O)C(=O)O)c(C)c1F. The van der Waals surface area contributed by atoms with Crippen LogP contribution in [0, 0.1) is 12.7 Å². The maximum atomic E-state index is 13.5. The molecule has 0 aliphatic carbocycles. The van der Waals surface area contributed by atoms with Gasteiger partial charge in [-0.1, -0.05) is 19.1 Å². The second-order valence-corrected chi connectivity index (χ2v) is 3.20. The van der Waals surface area contributed by atoms with Crippen LogP contribution in [0.15, 0.2) is 12.1 Å². The van der Waals surface area contributed by atoms with Gasteiger partial charge in [-0.05, 0) is 24.5 Å². The molecule has 0 aliphatic rings.